The van der Waals surface area contributed by atoms with Crippen molar-refractivity contribution in [2.24, 2.45) is 0 Å². The third-order valence-electron chi connectivity index (χ3n) is 4.25. The van der Waals surface area contributed by atoms with Crippen LogP contribution in [-0.4, -0.2) is 23.4 Å². The Labute approximate surface area is 164 Å². The molecule has 1 heterocycles. The molecule has 10 heteroatoms. The molecule has 2 aromatic rings. The zero-order chi connectivity index (χ0) is 20.9. The van der Waals surface area contributed by atoms with Crippen LogP contribution in [0.1, 0.15) is 19.4 Å². The van der Waals surface area contributed by atoms with Gasteiger partial charge in [0, 0.05) is 12.7 Å². The van der Waals surface area contributed by atoms with Gasteiger partial charge in [-0.15, -0.1) is 0 Å². The molecule has 0 aromatic heterocycles. The summed E-state index contributed by atoms with van der Waals surface area (Å²) in [4.78, 5) is 12.2. The molecule has 1 atom stereocenters. The molecule has 3 rings (SSSR count). The summed E-state index contributed by atoms with van der Waals surface area (Å²) in [7, 11) is -3.21. The molecule has 2 aromatic carbocycles. The lowest BCUT2D eigenvalue weighted by molar-refractivity contribution is -0.137. The number of nitrogens with zero attached hydrogens (tertiary/aromatic N) is 1. The van der Waals surface area contributed by atoms with Gasteiger partial charge in [0.2, 0.25) is 7.29 Å². The van der Waals surface area contributed by atoms with E-state index in [9.17, 15) is 22.5 Å². The Morgan fingerprint density at radius 2 is 1.86 bits per heavy atom. The lowest BCUT2D eigenvalue weighted by Gasteiger charge is -2.37. The number of anilines is 1. The van der Waals surface area contributed by atoms with Crippen molar-refractivity contribution in [3.8, 4) is 11.5 Å². The maximum atomic E-state index is 13.3. The van der Waals surface area contributed by atoms with E-state index < -0.39 is 25.1 Å². The molecule has 0 fully saturated rings. The van der Waals surface area contributed by atoms with E-state index in [2.05, 4.69) is 5.32 Å². The normalized spacial score (nSPS) is 19.4. The number of hydrogen-bond donors (Lipinski definition) is 1. The lowest BCUT2D eigenvalue weighted by Crippen LogP contribution is -2.44. The summed E-state index contributed by atoms with van der Waals surface area (Å²) < 4.78 is 58.5. The Kier molecular flexibility index (Phi) is 5.15. The standard InChI is InChI=1S/C18H17ClF3N2O3P/c1-10(2)24-17(25)23-14-6-5-12(9-16(14)28(24,3)26)27-15-7-4-11(8-13(15)19)18(20,21)22/h4-10H,1-3H3,(H,23,25). The summed E-state index contributed by atoms with van der Waals surface area (Å²) in [6.45, 7) is 4.99. The highest BCUT2D eigenvalue weighted by atomic mass is 35.5. The van der Waals surface area contributed by atoms with Gasteiger partial charge in [0.15, 0.2) is 0 Å². The van der Waals surface area contributed by atoms with Crippen molar-refractivity contribution in [3.05, 3.63) is 47.0 Å². The van der Waals surface area contributed by atoms with Crippen LogP contribution in [0.4, 0.5) is 23.7 Å². The van der Waals surface area contributed by atoms with E-state index in [0.717, 1.165) is 18.2 Å². The molecular formula is C18H17ClF3N2O3P. The number of rotatable bonds is 3. The van der Waals surface area contributed by atoms with Gasteiger partial charge in [0.25, 0.3) is 0 Å². The highest BCUT2D eigenvalue weighted by Crippen LogP contribution is 2.51. The highest BCUT2D eigenvalue weighted by Gasteiger charge is 2.40. The quantitative estimate of drug-likeness (QED) is 0.611. The van der Waals surface area contributed by atoms with E-state index in [-0.39, 0.29) is 22.6 Å². The van der Waals surface area contributed by atoms with Gasteiger partial charge in [0.1, 0.15) is 11.5 Å². The zero-order valence-corrected chi connectivity index (χ0v) is 16.8. The molecule has 1 aliphatic heterocycles. The summed E-state index contributed by atoms with van der Waals surface area (Å²) in [5.74, 6) is 0.267. The fourth-order valence-corrected chi connectivity index (χ4v) is 5.72. The van der Waals surface area contributed by atoms with Gasteiger partial charge in [-0.1, -0.05) is 11.6 Å². The van der Waals surface area contributed by atoms with E-state index in [1.54, 1.807) is 13.8 Å². The Morgan fingerprint density at radius 3 is 2.43 bits per heavy atom. The van der Waals surface area contributed by atoms with E-state index in [1.165, 1.54) is 29.5 Å². The van der Waals surface area contributed by atoms with Crippen molar-refractivity contribution < 1.29 is 27.3 Å². The number of amides is 2. The lowest BCUT2D eigenvalue weighted by atomic mass is 10.2. The smallest absolute Gasteiger partial charge is 0.416 e. The van der Waals surface area contributed by atoms with Crippen molar-refractivity contribution in [1.29, 1.82) is 0 Å². The minimum atomic E-state index is -4.51. The van der Waals surface area contributed by atoms with Crippen LogP contribution >= 0.6 is 18.9 Å². The van der Waals surface area contributed by atoms with Crippen LogP contribution in [0.25, 0.3) is 0 Å². The van der Waals surface area contributed by atoms with Gasteiger partial charge in [0.05, 0.1) is 21.6 Å². The summed E-state index contributed by atoms with van der Waals surface area (Å²) >= 11 is 5.92. The Bertz CT molecular complexity index is 995. The van der Waals surface area contributed by atoms with Crippen LogP contribution in [0.2, 0.25) is 5.02 Å². The Morgan fingerprint density at radius 1 is 1.18 bits per heavy atom. The van der Waals surface area contributed by atoms with Crippen LogP contribution < -0.4 is 15.4 Å². The van der Waals surface area contributed by atoms with Gasteiger partial charge in [-0.05, 0) is 50.2 Å². The molecule has 28 heavy (non-hydrogen) atoms. The summed E-state index contributed by atoms with van der Waals surface area (Å²) in [5, 5.41) is 2.87. The van der Waals surface area contributed by atoms with Crippen LogP contribution in [0.15, 0.2) is 36.4 Å². The molecule has 1 aliphatic rings. The second-order valence-electron chi connectivity index (χ2n) is 6.67. The second kappa shape index (κ2) is 7.01. The van der Waals surface area contributed by atoms with Crippen molar-refractivity contribution in [1.82, 2.24) is 4.67 Å². The summed E-state index contributed by atoms with van der Waals surface area (Å²) in [5.41, 5.74) is -0.484. The Balaban J connectivity index is 1.96. The van der Waals surface area contributed by atoms with Gasteiger partial charge in [-0.25, -0.2) is 4.79 Å². The van der Waals surface area contributed by atoms with Crippen LogP contribution in [0.3, 0.4) is 0 Å². The van der Waals surface area contributed by atoms with Crippen molar-refractivity contribution in [2.45, 2.75) is 26.1 Å². The molecule has 150 valence electrons. The molecule has 1 unspecified atom stereocenters. The average molecular weight is 433 g/mol. The fourth-order valence-electron chi connectivity index (χ4n) is 3.05. The molecule has 0 radical (unpaired) electrons. The molecular weight excluding hydrogens is 416 g/mol. The number of carbonyl (C=O) groups excluding carboxylic acids is 1. The zero-order valence-electron chi connectivity index (χ0n) is 15.2. The predicted octanol–water partition coefficient (Wildman–Crippen LogP) is 5.94. The summed E-state index contributed by atoms with van der Waals surface area (Å²) in [6, 6.07) is 6.57. The van der Waals surface area contributed by atoms with E-state index in [4.69, 9.17) is 16.3 Å². The second-order valence-corrected chi connectivity index (χ2v) is 9.75. The van der Waals surface area contributed by atoms with Crippen molar-refractivity contribution >= 4 is 35.9 Å². The van der Waals surface area contributed by atoms with Crippen LogP contribution in [-0.2, 0) is 10.7 Å². The first kappa shape index (κ1) is 20.6. The Hall–Kier alpha value is -2.18. The monoisotopic (exact) mass is 432 g/mol. The maximum absolute atomic E-state index is 13.3. The number of urea groups is 1. The van der Waals surface area contributed by atoms with Crippen molar-refractivity contribution in [3.63, 3.8) is 0 Å². The minimum absolute atomic E-state index is 0.0288. The number of alkyl halides is 3. The largest absolute Gasteiger partial charge is 0.456 e. The van der Waals surface area contributed by atoms with E-state index in [1.807, 2.05) is 0 Å². The maximum Gasteiger partial charge on any atom is 0.416 e. The number of halogens is 4. The number of ether oxygens (including phenoxy) is 1. The first-order chi connectivity index (χ1) is 12.9. The molecule has 0 saturated heterocycles. The van der Waals surface area contributed by atoms with Crippen LogP contribution in [0.5, 0.6) is 11.5 Å². The van der Waals surface area contributed by atoms with E-state index in [0.29, 0.717) is 11.0 Å². The van der Waals surface area contributed by atoms with Gasteiger partial charge in [-0.2, -0.15) is 13.2 Å². The first-order valence-electron chi connectivity index (χ1n) is 8.28. The number of benzene rings is 2. The number of fused-ring (bicyclic) bond motifs is 1. The minimum Gasteiger partial charge on any atom is -0.456 e. The number of hydrogen-bond acceptors (Lipinski definition) is 3. The summed E-state index contributed by atoms with van der Waals surface area (Å²) in [6.07, 6.45) is -4.51. The molecule has 0 spiro atoms. The fraction of sp³-hybridized carbons (Fsp3) is 0.278. The van der Waals surface area contributed by atoms with Crippen LogP contribution in [0, 0.1) is 0 Å². The van der Waals surface area contributed by atoms with Gasteiger partial charge < -0.3 is 10.1 Å². The van der Waals surface area contributed by atoms with E-state index >= 15 is 0 Å². The highest BCUT2D eigenvalue weighted by molar-refractivity contribution is 7.69. The topological polar surface area (TPSA) is 58.6 Å². The molecule has 5 nitrogen and oxygen atoms in total. The number of carbonyl (C=O) groups is 1. The first-order valence-corrected chi connectivity index (χ1v) is 10.8. The average Bonchev–Trinajstić information content (AvgIpc) is 2.55. The predicted molar refractivity (Wildman–Crippen MR) is 102 cm³/mol. The molecule has 0 saturated carbocycles. The molecule has 0 bridgehead atoms. The molecule has 0 aliphatic carbocycles. The van der Waals surface area contributed by atoms with Crippen molar-refractivity contribution in [2.75, 3.05) is 12.0 Å². The molecule has 2 amide bonds. The molecule has 1 N–H and O–H groups in total. The van der Waals surface area contributed by atoms with Gasteiger partial charge in [-0.3, -0.25) is 9.24 Å². The number of nitrogens with one attached hydrogen (secondary N) is 1. The van der Waals surface area contributed by atoms with Gasteiger partial charge >= 0.3 is 12.2 Å². The SMILES string of the molecule is CC(C)N1C(=O)Nc2ccc(Oc3ccc(C(F)(F)F)cc3Cl)cc2P1(C)=O. The third-order valence-corrected chi connectivity index (χ3v) is 7.28. The third kappa shape index (κ3) is 3.71.